The Kier molecular flexibility index (Phi) is 3.53. The van der Waals surface area contributed by atoms with Crippen LogP contribution in [0.15, 0.2) is 35.5 Å². The third-order valence-corrected chi connectivity index (χ3v) is 3.54. The number of hydrogen-bond acceptors (Lipinski definition) is 4. The first-order valence-electron chi connectivity index (χ1n) is 6.94. The highest BCUT2D eigenvalue weighted by Gasteiger charge is 2.34. The number of nitrogens with zero attached hydrogens (tertiary/aromatic N) is 4. The monoisotopic (exact) mass is 314 g/mol. The Labute approximate surface area is 130 Å². The molecule has 0 bridgehead atoms. The molecule has 0 radical (unpaired) electrons. The summed E-state index contributed by atoms with van der Waals surface area (Å²) in [5.41, 5.74) is 11.6. The van der Waals surface area contributed by atoms with E-state index in [1.165, 1.54) is 16.9 Å². The molecule has 1 aromatic heterocycles. The largest absolute Gasteiger partial charge is 0.370 e. The quantitative estimate of drug-likeness (QED) is 0.374. The molecule has 1 saturated carbocycles. The summed E-state index contributed by atoms with van der Waals surface area (Å²) in [6.45, 7) is 0. The first kappa shape index (κ1) is 14.7. The highest BCUT2D eigenvalue weighted by atomic mass is 16.6. The van der Waals surface area contributed by atoms with E-state index in [9.17, 15) is 14.9 Å². The van der Waals surface area contributed by atoms with Crippen LogP contribution in [0.25, 0.3) is 5.69 Å². The van der Waals surface area contributed by atoms with Gasteiger partial charge in [-0.05, 0) is 18.9 Å². The number of aliphatic imine (C=N–C) groups is 1. The van der Waals surface area contributed by atoms with Gasteiger partial charge in [-0.1, -0.05) is 12.1 Å². The summed E-state index contributed by atoms with van der Waals surface area (Å²) in [6.07, 6.45) is 3.11. The van der Waals surface area contributed by atoms with E-state index in [-0.39, 0.29) is 23.1 Å². The summed E-state index contributed by atoms with van der Waals surface area (Å²) in [7, 11) is 0. The minimum absolute atomic E-state index is 0.0849. The zero-order chi connectivity index (χ0) is 16.6. The molecule has 2 aromatic rings. The highest BCUT2D eigenvalue weighted by molar-refractivity contribution is 6.02. The third kappa shape index (κ3) is 2.76. The van der Waals surface area contributed by atoms with E-state index < -0.39 is 10.8 Å². The molecule has 1 aliphatic carbocycles. The van der Waals surface area contributed by atoms with Crippen LogP contribution in [-0.2, 0) is 0 Å². The number of hydrogen-bond donors (Lipinski definition) is 2. The lowest BCUT2D eigenvalue weighted by Gasteiger charge is -2.08. The molecule has 0 atom stereocenters. The number of nitro benzene ring substituents is 1. The molecular formula is C14H14N6O3. The normalized spacial score (nSPS) is 13.6. The third-order valence-electron chi connectivity index (χ3n) is 3.54. The van der Waals surface area contributed by atoms with Crippen LogP contribution in [0.4, 0.5) is 5.69 Å². The van der Waals surface area contributed by atoms with Gasteiger partial charge in [-0.2, -0.15) is 10.1 Å². The van der Waals surface area contributed by atoms with Crippen LogP contribution >= 0.6 is 0 Å². The predicted octanol–water partition coefficient (Wildman–Crippen LogP) is 1.07. The van der Waals surface area contributed by atoms with Gasteiger partial charge < -0.3 is 11.5 Å². The Bertz CT molecular complexity index is 818. The fraction of sp³-hybridized carbons (Fsp3) is 0.214. The van der Waals surface area contributed by atoms with E-state index in [0.29, 0.717) is 11.4 Å². The molecule has 4 N–H and O–H groups in total. The maximum atomic E-state index is 12.1. The van der Waals surface area contributed by atoms with Crippen LogP contribution in [-0.4, -0.2) is 26.6 Å². The van der Waals surface area contributed by atoms with Crippen molar-refractivity contribution < 1.29 is 9.72 Å². The maximum absolute atomic E-state index is 12.1. The van der Waals surface area contributed by atoms with Gasteiger partial charge in [-0.3, -0.25) is 14.9 Å². The van der Waals surface area contributed by atoms with Crippen LogP contribution in [0.1, 0.15) is 34.8 Å². The van der Waals surface area contributed by atoms with E-state index in [0.717, 1.165) is 12.8 Å². The van der Waals surface area contributed by atoms with Crippen LogP contribution < -0.4 is 11.5 Å². The van der Waals surface area contributed by atoms with Crippen molar-refractivity contribution in [1.29, 1.82) is 0 Å². The summed E-state index contributed by atoms with van der Waals surface area (Å²) in [5.74, 6) is -0.822. The zero-order valence-electron chi connectivity index (χ0n) is 12.0. The smallest absolute Gasteiger partial charge is 0.294 e. The van der Waals surface area contributed by atoms with Crippen molar-refractivity contribution in [3.8, 4) is 5.69 Å². The molecule has 1 fully saturated rings. The second-order valence-electron chi connectivity index (χ2n) is 5.22. The topological polar surface area (TPSA) is 142 Å². The molecule has 1 aliphatic rings. The molecule has 118 valence electrons. The van der Waals surface area contributed by atoms with Crippen LogP contribution in [0.5, 0.6) is 0 Å². The van der Waals surface area contributed by atoms with E-state index in [1.54, 1.807) is 18.2 Å². The van der Waals surface area contributed by atoms with Gasteiger partial charge in [-0.15, -0.1) is 0 Å². The second kappa shape index (κ2) is 5.52. The Hall–Kier alpha value is -3.23. The molecular weight excluding hydrogens is 300 g/mol. The van der Waals surface area contributed by atoms with Crippen molar-refractivity contribution >= 4 is 17.6 Å². The fourth-order valence-corrected chi connectivity index (χ4v) is 2.44. The molecule has 9 nitrogen and oxygen atoms in total. The Morgan fingerprint density at radius 2 is 2.04 bits per heavy atom. The average molecular weight is 314 g/mol. The Morgan fingerprint density at radius 3 is 2.65 bits per heavy atom. The summed E-state index contributed by atoms with van der Waals surface area (Å²) in [5, 5.41) is 15.4. The number of para-hydroxylation sites is 2. The lowest BCUT2D eigenvalue weighted by atomic mass is 10.1. The number of carbonyl (C=O) groups is 1. The van der Waals surface area contributed by atoms with Crippen LogP contribution in [0.2, 0.25) is 0 Å². The minimum atomic E-state index is -0.600. The lowest BCUT2D eigenvalue weighted by molar-refractivity contribution is -0.384. The molecule has 9 heteroatoms. The van der Waals surface area contributed by atoms with Crippen LogP contribution in [0, 0.1) is 10.1 Å². The van der Waals surface area contributed by atoms with Crippen molar-refractivity contribution in [3.63, 3.8) is 0 Å². The number of guanidine groups is 1. The molecule has 3 rings (SSSR count). The molecule has 0 saturated heterocycles. The molecule has 1 heterocycles. The van der Waals surface area contributed by atoms with E-state index in [2.05, 4.69) is 10.1 Å². The minimum Gasteiger partial charge on any atom is -0.370 e. The van der Waals surface area contributed by atoms with Gasteiger partial charge in [0.25, 0.3) is 11.6 Å². The van der Waals surface area contributed by atoms with Gasteiger partial charge in [0.2, 0.25) is 0 Å². The number of aromatic nitrogens is 2. The van der Waals surface area contributed by atoms with Gasteiger partial charge in [0.1, 0.15) is 5.69 Å². The molecule has 23 heavy (non-hydrogen) atoms. The van der Waals surface area contributed by atoms with E-state index in [4.69, 9.17) is 11.5 Å². The van der Waals surface area contributed by atoms with E-state index >= 15 is 0 Å². The molecule has 1 aromatic carbocycles. The van der Waals surface area contributed by atoms with E-state index in [1.807, 2.05) is 0 Å². The number of carbonyl (C=O) groups excluding carboxylic acids is 1. The Morgan fingerprint density at radius 1 is 1.35 bits per heavy atom. The first-order valence-corrected chi connectivity index (χ1v) is 6.94. The number of amides is 1. The molecule has 1 amide bonds. The number of benzene rings is 1. The van der Waals surface area contributed by atoms with Crippen molar-refractivity contribution in [2.75, 3.05) is 0 Å². The summed E-state index contributed by atoms with van der Waals surface area (Å²) >= 11 is 0. The zero-order valence-corrected chi connectivity index (χ0v) is 12.0. The molecule has 0 spiro atoms. The van der Waals surface area contributed by atoms with Gasteiger partial charge in [-0.25, -0.2) is 4.68 Å². The van der Waals surface area contributed by atoms with Crippen LogP contribution in [0.3, 0.4) is 0 Å². The number of rotatable bonds is 4. The maximum Gasteiger partial charge on any atom is 0.294 e. The molecule has 0 unspecified atom stereocenters. The lowest BCUT2D eigenvalue weighted by Crippen LogP contribution is -2.24. The van der Waals surface area contributed by atoms with Gasteiger partial charge >= 0.3 is 0 Å². The van der Waals surface area contributed by atoms with Crippen molar-refractivity contribution in [1.82, 2.24) is 9.78 Å². The first-order chi connectivity index (χ1) is 11.0. The fourth-order valence-electron chi connectivity index (χ4n) is 2.44. The summed E-state index contributed by atoms with van der Waals surface area (Å²) in [6, 6.07) is 6.24. The van der Waals surface area contributed by atoms with Crippen molar-refractivity contribution in [3.05, 3.63) is 51.8 Å². The van der Waals surface area contributed by atoms with Gasteiger partial charge in [0.15, 0.2) is 5.96 Å². The SMILES string of the molecule is NC(N)=NC(=O)c1cnn(-c2ccccc2[N+](=O)[O-])c1C1CC1. The second-order valence-corrected chi connectivity index (χ2v) is 5.22. The van der Waals surface area contributed by atoms with Crippen molar-refractivity contribution in [2.45, 2.75) is 18.8 Å². The highest BCUT2D eigenvalue weighted by Crippen LogP contribution is 2.43. The predicted molar refractivity (Wildman–Crippen MR) is 82.3 cm³/mol. The molecule has 0 aliphatic heterocycles. The standard InChI is InChI=1S/C14H14N6O3/c15-14(16)18-13(21)9-7-17-19(12(9)8-5-6-8)10-3-1-2-4-11(10)20(22)23/h1-4,7-8H,5-6H2,(H4,15,16,18,21). The average Bonchev–Trinajstić information content (AvgIpc) is 3.24. The summed E-state index contributed by atoms with van der Waals surface area (Å²) in [4.78, 5) is 26.4. The number of nitro groups is 1. The van der Waals surface area contributed by atoms with Crippen molar-refractivity contribution in [2.24, 2.45) is 16.5 Å². The van der Waals surface area contributed by atoms with Gasteiger partial charge in [0.05, 0.1) is 22.4 Å². The summed E-state index contributed by atoms with van der Waals surface area (Å²) < 4.78 is 1.44. The Balaban J connectivity index is 2.15. The number of nitrogens with two attached hydrogens (primary N) is 2. The van der Waals surface area contributed by atoms with Gasteiger partial charge in [0, 0.05) is 12.0 Å².